The minimum Gasteiger partial charge on any atom is -0.379 e. The number of rotatable bonds is 5. The van der Waals surface area contributed by atoms with Crippen molar-refractivity contribution >= 4 is 15.9 Å². The number of carbonyl (C=O) groups excluding carboxylic acids is 1. The first-order valence-corrected chi connectivity index (χ1v) is 11.4. The second-order valence-corrected chi connectivity index (χ2v) is 9.43. The Balaban J connectivity index is 1.35. The summed E-state index contributed by atoms with van der Waals surface area (Å²) in [6.45, 7) is 2.07. The molecule has 0 saturated carbocycles. The largest absolute Gasteiger partial charge is 0.379 e. The summed E-state index contributed by atoms with van der Waals surface area (Å²) in [4.78, 5) is 12.7. The van der Waals surface area contributed by atoms with Crippen LogP contribution in [0.4, 0.5) is 0 Å². The summed E-state index contributed by atoms with van der Waals surface area (Å²) in [5.41, 5.74) is 0.701. The minimum absolute atomic E-state index is 0.00349. The smallest absolute Gasteiger partial charge is 0.290 e. The van der Waals surface area contributed by atoms with Gasteiger partial charge in [0.2, 0.25) is 15.8 Å². The number of piperidine rings is 1. The predicted octanol–water partition coefficient (Wildman–Crippen LogP) is 2.15. The summed E-state index contributed by atoms with van der Waals surface area (Å²) in [5, 5.41) is 6.98. The quantitative estimate of drug-likeness (QED) is 0.797. The third-order valence-electron chi connectivity index (χ3n) is 5.50. The second-order valence-electron chi connectivity index (χ2n) is 7.49. The number of hydrogen-bond donors (Lipinski definition) is 1. The molecule has 0 bridgehead atoms. The zero-order valence-corrected chi connectivity index (χ0v) is 16.9. The van der Waals surface area contributed by atoms with Crippen molar-refractivity contribution in [3.05, 3.63) is 47.9 Å². The second kappa shape index (κ2) is 8.64. The van der Waals surface area contributed by atoms with Gasteiger partial charge in [-0.25, -0.2) is 8.42 Å². The highest BCUT2D eigenvalue weighted by atomic mass is 32.2. The number of nitrogens with zero attached hydrogens (tertiary/aromatic N) is 2. The summed E-state index contributed by atoms with van der Waals surface area (Å²) < 4.78 is 37.6. The van der Waals surface area contributed by atoms with E-state index in [9.17, 15) is 13.2 Å². The number of ether oxygens (including phenoxy) is 1. The van der Waals surface area contributed by atoms with Crippen molar-refractivity contribution < 1.29 is 22.5 Å². The van der Waals surface area contributed by atoms with Crippen LogP contribution in [0.1, 0.15) is 47.8 Å². The molecule has 9 heteroatoms. The van der Waals surface area contributed by atoms with Gasteiger partial charge < -0.3 is 14.6 Å². The third kappa shape index (κ3) is 4.52. The highest BCUT2D eigenvalue weighted by Gasteiger charge is 2.31. The molecule has 1 unspecified atom stereocenters. The van der Waals surface area contributed by atoms with Crippen LogP contribution in [-0.2, 0) is 14.8 Å². The Bertz CT molecular complexity index is 930. The average Bonchev–Trinajstić information content (AvgIpc) is 3.26. The van der Waals surface area contributed by atoms with Gasteiger partial charge in [0.25, 0.3) is 5.91 Å². The van der Waals surface area contributed by atoms with Crippen LogP contribution in [0.15, 0.2) is 45.8 Å². The summed E-state index contributed by atoms with van der Waals surface area (Å²) in [6.07, 6.45) is 3.09. The highest BCUT2D eigenvalue weighted by Crippen LogP contribution is 2.30. The Kier molecular flexibility index (Phi) is 5.98. The van der Waals surface area contributed by atoms with E-state index >= 15 is 0 Å². The molecule has 1 amide bonds. The van der Waals surface area contributed by atoms with E-state index in [0.717, 1.165) is 19.4 Å². The molecule has 2 fully saturated rings. The van der Waals surface area contributed by atoms with Crippen molar-refractivity contribution in [3.63, 3.8) is 0 Å². The van der Waals surface area contributed by atoms with Crippen LogP contribution in [0.2, 0.25) is 0 Å². The van der Waals surface area contributed by atoms with Gasteiger partial charge in [0.1, 0.15) is 0 Å². The zero-order valence-electron chi connectivity index (χ0n) is 16.1. The molecule has 0 spiro atoms. The van der Waals surface area contributed by atoms with Gasteiger partial charge in [0.05, 0.1) is 23.2 Å². The molecule has 0 radical (unpaired) electrons. The van der Waals surface area contributed by atoms with Crippen molar-refractivity contribution in [2.45, 2.75) is 42.5 Å². The molecule has 1 atom stereocenters. The molecular weight excluding hydrogens is 394 g/mol. The van der Waals surface area contributed by atoms with Crippen molar-refractivity contribution in [1.29, 1.82) is 0 Å². The summed E-state index contributed by atoms with van der Waals surface area (Å²) >= 11 is 0. The molecule has 2 saturated heterocycles. The van der Waals surface area contributed by atoms with E-state index in [1.807, 2.05) is 0 Å². The molecule has 2 aliphatic heterocycles. The average molecular weight is 420 g/mol. The third-order valence-corrected chi connectivity index (χ3v) is 7.41. The predicted molar refractivity (Wildman–Crippen MR) is 105 cm³/mol. The molecule has 1 aromatic heterocycles. The maximum Gasteiger partial charge on any atom is 0.290 e. The van der Waals surface area contributed by atoms with Crippen LogP contribution in [0.3, 0.4) is 0 Å². The maximum absolute atomic E-state index is 12.7. The van der Waals surface area contributed by atoms with E-state index in [0.29, 0.717) is 43.1 Å². The van der Waals surface area contributed by atoms with Crippen molar-refractivity contribution in [3.8, 4) is 0 Å². The lowest BCUT2D eigenvalue weighted by Crippen LogP contribution is -2.40. The Morgan fingerprint density at radius 2 is 1.90 bits per heavy atom. The fraction of sp³-hybridized carbons (Fsp3) is 0.500. The number of benzene rings is 1. The standard InChI is InChI=1S/C20H25N3O5S/c24-20(21-16-5-4-12-27-14-16)19-13-18(22-28-19)15-8-10-23(11-9-15)29(25,26)17-6-2-1-3-7-17/h1-3,6-7,13,15-16H,4-5,8-12,14H2,(H,21,24). The van der Waals surface area contributed by atoms with Crippen LogP contribution in [0, 0.1) is 0 Å². The number of sulfonamides is 1. The molecule has 1 N–H and O–H groups in total. The molecule has 3 heterocycles. The SMILES string of the molecule is O=C(NC1CCCOC1)c1cc(C2CCN(S(=O)(=O)c3ccccc3)CC2)no1. The van der Waals surface area contributed by atoms with Gasteiger partial charge in [0, 0.05) is 31.7 Å². The first-order valence-electron chi connectivity index (χ1n) is 9.94. The van der Waals surface area contributed by atoms with Crippen molar-refractivity contribution in [2.75, 3.05) is 26.3 Å². The summed E-state index contributed by atoms with van der Waals surface area (Å²) in [7, 11) is -3.48. The molecule has 4 rings (SSSR count). The molecule has 1 aromatic carbocycles. The number of carbonyl (C=O) groups is 1. The fourth-order valence-corrected chi connectivity index (χ4v) is 5.32. The molecule has 0 aliphatic carbocycles. The van der Waals surface area contributed by atoms with E-state index in [1.54, 1.807) is 36.4 Å². The van der Waals surface area contributed by atoms with Crippen LogP contribution < -0.4 is 5.32 Å². The molecule has 2 aliphatic rings. The monoisotopic (exact) mass is 419 g/mol. The minimum atomic E-state index is -3.48. The lowest BCUT2D eigenvalue weighted by molar-refractivity contribution is 0.0608. The molecule has 29 heavy (non-hydrogen) atoms. The van der Waals surface area contributed by atoms with E-state index in [1.165, 1.54) is 4.31 Å². The zero-order chi connectivity index (χ0) is 20.3. The van der Waals surface area contributed by atoms with Crippen LogP contribution in [0.25, 0.3) is 0 Å². The van der Waals surface area contributed by atoms with Gasteiger partial charge in [-0.05, 0) is 37.8 Å². The Hall–Kier alpha value is -2.23. The fourth-order valence-electron chi connectivity index (χ4n) is 3.83. The van der Waals surface area contributed by atoms with Crippen molar-refractivity contribution in [2.24, 2.45) is 0 Å². The lowest BCUT2D eigenvalue weighted by atomic mass is 9.94. The highest BCUT2D eigenvalue weighted by molar-refractivity contribution is 7.89. The Labute approximate surface area is 170 Å². The van der Waals surface area contributed by atoms with Gasteiger partial charge in [-0.1, -0.05) is 23.4 Å². The van der Waals surface area contributed by atoms with Gasteiger partial charge in [-0.2, -0.15) is 4.31 Å². The molecular formula is C20H25N3O5S. The number of hydrogen-bond acceptors (Lipinski definition) is 6. The van der Waals surface area contributed by atoms with Crippen LogP contribution in [-0.4, -0.2) is 56.1 Å². The van der Waals surface area contributed by atoms with Gasteiger partial charge in [0.15, 0.2) is 0 Å². The molecule has 8 nitrogen and oxygen atoms in total. The molecule has 2 aromatic rings. The maximum atomic E-state index is 12.7. The van der Waals surface area contributed by atoms with E-state index in [-0.39, 0.29) is 23.6 Å². The Morgan fingerprint density at radius 3 is 2.59 bits per heavy atom. The van der Waals surface area contributed by atoms with Gasteiger partial charge in [-0.3, -0.25) is 4.79 Å². The van der Waals surface area contributed by atoms with Gasteiger partial charge in [-0.15, -0.1) is 0 Å². The van der Waals surface area contributed by atoms with E-state index in [2.05, 4.69) is 10.5 Å². The van der Waals surface area contributed by atoms with Crippen molar-refractivity contribution in [1.82, 2.24) is 14.8 Å². The number of nitrogens with one attached hydrogen (secondary N) is 1. The first kappa shape index (κ1) is 20.1. The molecule has 156 valence electrons. The van der Waals surface area contributed by atoms with Gasteiger partial charge >= 0.3 is 0 Å². The lowest BCUT2D eigenvalue weighted by Gasteiger charge is -2.30. The summed E-state index contributed by atoms with van der Waals surface area (Å²) in [5.74, 6) is -0.0335. The van der Waals surface area contributed by atoms with Crippen LogP contribution in [0.5, 0.6) is 0 Å². The summed E-state index contributed by atoms with van der Waals surface area (Å²) in [6, 6.07) is 10.1. The first-order chi connectivity index (χ1) is 14.0. The topological polar surface area (TPSA) is 102 Å². The van der Waals surface area contributed by atoms with E-state index in [4.69, 9.17) is 9.26 Å². The van der Waals surface area contributed by atoms with E-state index < -0.39 is 10.0 Å². The number of aromatic nitrogens is 1. The van der Waals surface area contributed by atoms with Crippen LogP contribution >= 0.6 is 0 Å². The Morgan fingerprint density at radius 1 is 1.14 bits per heavy atom. The normalized spacial score (nSPS) is 21.7. The number of amides is 1.